The summed E-state index contributed by atoms with van der Waals surface area (Å²) in [5.74, 6) is 0.473. The van der Waals surface area contributed by atoms with Crippen molar-refractivity contribution in [2.75, 3.05) is 19.7 Å². The molecule has 1 N–H and O–H groups in total. The van der Waals surface area contributed by atoms with Crippen molar-refractivity contribution in [1.82, 2.24) is 9.88 Å². The van der Waals surface area contributed by atoms with Crippen LogP contribution in [0.3, 0.4) is 0 Å². The van der Waals surface area contributed by atoms with E-state index in [0.29, 0.717) is 12.4 Å². The van der Waals surface area contributed by atoms with Gasteiger partial charge < -0.3 is 5.11 Å². The van der Waals surface area contributed by atoms with Gasteiger partial charge in [0.25, 0.3) is 0 Å². The number of aliphatic hydroxyl groups excluding tert-OH is 1. The first-order valence-corrected chi connectivity index (χ1v) is 8.09. The number of alkyl halides is 1. The van der Waals surface area contributed by atoms with Crippen LogP contribution in [0.5, 0.6) is 0 Å². The topological polar surface area (TPSA) is 36.4 Å². The van der Waals surface area contributed by atoms with Crippen molar-refractivity contribution in [3.63, 3.8) is 0 Å². The van der Waals surface area contributed by atoms with Crippen molar-refractivity contribution in [2.45, 2.75) is 18.8 Å². The van der Waals surface area contributed by atoms with Crippen LogP contribution in [-0.4, -0.2) is 34.7 Å². The molecule has 0 atom stereocenters. The number of hydrogen-bond acceptors (Lipinski definition) is 4. The predicted molar refractivity (Wildman–Crippen MR) is 84.2 cm³/mol. The first-order chi connectivity index (χ1) is 9.81. The van der Waals surface area contributed by atoms with E-state index in [4.69, 9.17) is 11.6 Å². The van der Waals surface area contributed by atoms with E-state index in [0.717, 1.165) is 30.2 Å². The molecule has 2 rings (SSSR count). The number of halogens is 1. The molecule has 0 aliphatic carbocycles. The van der Waals surface area contributed by atoms with Gasteiger partial charge in [0.05, 0.1) is 23.2 Å². The number of hydrogen-bond donors (Lipinski definition) is 1. The third-order valence-corrected chi connectivity index (χ3v) is 4.27. The number of rotatable bonds is 8. The maximum absolute atomic E-state index is 9.18. The van der Waals surface area contributed by atoms with Gasteiger partial charge >= 0.3 is 0 Å². The van der Waals surface area contributed by atoms with Crippen LogP contribution in [0, 0.1) is 0 Å². The van der Waals surface area contributed by atoms with Gasteiger partial charge in [-0.3, -0.25) is 4.90 Å². The largest absolute Gasteiger partial charge is 0.395 e. The average molecular weight is 311 g/mol. The minimum Gasteiger partial charge on any atom is -0.395 e. The molecule has 1 aromatic heterocycles. The molecule has 0 radical (unpaired) electrons. The molecule has 0 unspecified atom stereocenters. The molecule has 108 valence electrons. The zero-order valence-corrected chi connectivity index (χ0v) is 12.9. The van der Waals surface area contributed by atoms with E-state index in [-0.39, 0.29) is 6.61 Å². The summed E-state index contributed by atoms with van der Waals surface area (Å²) in [4.78, 5) is 6.71. The van der Waals surface area contributed by atoms with Crippen LogP contribution in [-0.2, 0) is 18.8 Å². The Hall–Kier alpha value is -0.940. The maximum Gasteiger partial charge on any atom is 0.0941 e. The minimum absolute atomic E-state index is 0.178. The van der Waals surface area contributed by atoms with Gasteiger partial charge in [-0.1, -0.05) is 30.3 Å². The van der Waals surface area contributed by atoms with E-state index in [1.165, 1.54) is 5.56 Å². The summed E-state index contributed by atoms with van der Waals surface area (Å²) >= 11 is 7.42. The van der Waals surface area contributed by atoms with Crippen molar-refractivity contribution in [3.05, 3.63) is 52.0 Å². The highest BCUT2D eigenvalue weighted by Gasteiger charge is 2.08. The molecular weight excluding hydrogens is 292 g/mol. The van der Waals surface area contributed by atoms with Crippen molar-refractivity contribution < 1.29 is 5.11 Å². The van der Waals surface area contributed by atoms with E-state index >= 15 is 0 Å². The van der Waals surface area contributed by atoms with Gasteiger partial charge in [-0.2, -0.15) is 0 Å². The molecule has 3 nitrogen and oxygen atoms in total. The third-order valence-electron chi connectivity index (χ3n) is 3.04. The lowest BCUT2D eigenvalue weighted by atomic mass is 10.2. The summed E-state index contributed by atoms with van der Waals surface area (Å²) in [6.07, 6.45) is 0.897. The second-order valence-corrected chi connectivity index (χ2v) is 5.81. The Morgan fingerprint density at radius 1 is 1.20 bits per heavy atom. The van der Waals surface area contributed by atoms with Crippen LogP contribution in [0.15, 0.2) is 35.7 Å². The van der Waals surface area contributed by atoms with Crippen LogP contribution in [0.2, 0.25) is 0 Å². The Kier molecular flexibility index (Phi) is 6.47. The summed E-state index contributed by atoms with van der Waals surface area (Å²) in [6, 6.07) is 10.3. The fraction of sp³-hybridized carbons (Fsp3) is 0.400. The average Bonchev–Trinajstić information content (AvgIpc) is 2.94. The van der Waals surface area contributed by atoms with Crippen molar-refractivity contribution in [2.24, 2.45) is 0 Å². The summed E-state index contributed by atoms with van der Waals surface area (Å²) in [5, 5.41) is 12.3. The third kappa shape index (κ3) is 4.87. The molecular formula is C15H19ClN2OS. The number of thiazole rings is 1. The van der Waals surface area contributed by atoms with Gasteiger partial charge in [0.2, 0.25) is 0 Å². The van der Waals surface area contributed by atoms with Crippen LogP contribution < -0.4 is 0 Å². The number of aromatic nitrogens is 1. The molecule has 0 amide bonds. The molecule has 0 fully saturated rings. The summed E-state index contributed by atoms with van der Waals surface area (Å²) in [6.45, 7) is 2.61. The van der Waals surface area contributed by atoms with Gasteiger partial charge in [-0.15, -0.1) is 22.9 Å². The molecule has 0 aliphatic heterocycles. The molecule has 5 heteroatoms. The van der Waals surface area contributed by atoms with Crippen LogP contribution >= 0.6 is 22.9 Å². The highest BCUT2D eigenvalue weighted by Crippen LogP contribution is 2.13. The Morgan fingerprint density at radius 3 is 2.65 bits per heavy atom. The molecule has 1 aromatic carbocycles. The Labute approximate surface area is 128 Å². The fourth-order valence-electron chi connectivity index (χ4n) is 2.03. The lowest BCUT2D eigenvalue weighted by molar-refractivity contribution is 0.191. The van der Waals surface area contributed by atoms with Gasteiger partial charge in [0, 0.05) is 31.4 Å². The number of benzene rings is 1. The smallest absolute Gasteiger partial charge is 0.0941 e. The summed E-state index contributed by atoms with van der Waals surface area (Å²) < 4.78 is 0. The number of aliphatic hydroxyl groups is 1. The van der Waals surface area contributed by atoms with E-state index in [9.17, 15) is 5.11 Å². The van der Waals surface area contributed by atoms with Gasteiger partial charge in [0.1, 0.15) is 0 Å². The lowest BCUT2D eigenvalue weighted by Crippen LogP contribution is -2.28. The fourth-order valence-corrected chi connectivity index (χ4v) is 3.05. The molecule has 20 heavy (non-hydrogen) atoms. The molecule has 0 bridgehead atoms. The van der Waals surface area contributed by atoms with Crippen molar-refractivity contribution >= 4 is 22.9 Å². The first-order valence-electron chi connectivity index (χ1n) is 6.68. The van der Waals surface area contributed by atoms with E-state index in [1.54, 1.807) is 11.3 Å². The zero-order valence-electron chi connectivity index (χ0n) is 11.3. The predicted octanol–water partition coefficient (Wildman–Crippen LogP) is 2.92. The quantitative estimate of drug-likeness (QED) is 0.762. The molecule has 2 aromatic rings. The van der Waals surface area contributed by atoms with E-state index < -0.39 is 0 Å². The molecule has 0 spiro atoms. The van der Waals surface area contributed by atoms with Crippen LogP contribution in [0.4, 0.5) is 0 Å². The normalized spacial score (nSPS) is 11.2. The van der Waals surface area contributed by atoms with Gasteiger partial charge in [0.15, 0.2) is 0 Å². The Balaban J connectivity index is 1.88. The lowest BCUT2D eigenvalue weighted by Gasteiger charge is -2.20. The monoisotopic (exact) mass is 310 g/mol. The second-order valence-electron chi connectivity index (χ2n) is 4.60. The van der Waals surface area contributed by atoms with Gasteiger partial charge in [-0.05, 0) is 5.56 Å². The van der Waals surface area contributed by atoms with Crippen molar-refractivity contribution in [1.29, 1.82) is 0 Å². The van der Waals surface area contributed by atoms with E-state index in [1.807, 2.05) is 23.6 Å². The SMILES string of the molecule is OCCN(CCc1nc(CCl)cs1)Cc1ccccc1. The Bertz CT molecular complexity index is 504. The molecule has 1 heterocycles. The molecule has 0 saturated heterocycles. The molecule has 0 saturated carbocycles. The summed E-state index contributed by atoms with van der Waals surface area (Å²) in [5.41, 5.74) is 2.21. The van der Waals surface area contributed by atoms with Gasteiger partial charge in [-0.25, -0.2) is 4.98 Å². The maximum atomic E-state index is 9.18. The number of nitrogens with zero attached hydrogens (tertiary/aromatic N) is 2. The first kappa shape index (κ1) is 15.4. The Morgan fingerprint density at radius 2 is 2.00 bits per heavy atom. The highest BCUT2D eigenvalue weighted by molar-refractivity contribution is 7.09. The van der Waals surface area contributed by atoms with Crippen LogP contribution in [0.1, 0.15) is 16.3 Å². The van der Waals surface area contributed by atoms with Crippen molar-refractivity contribution in [3.8, 4) is 0 Å². The molecule has 0 aliphatic rings. The standard InChI is InChI=1S/C15H19ClN2OS/c16-10-14-12-20-15(17-14)6-7-18(8-9-19)11-13-4-2-1-3-5-13/h1-5,12,19H,6-11H2. The zero-order chi connectivity index (χ0) is 14.2. The van der Waals surface area contributed by atoms with Crippen LogP contribution in [0.25, 0.3) is 0 Å². The second kappa shape index (κ2) is 8.37. The highest BCUT2D eigenvalue weighted by atomic mass is 35.5. The minimum atomic E-state index is 0.178. The summed E-state index contributed by atoms with van der Waals surface area (Å²) in [7, 11) is 0. The van der Waals surface area contributed by atoms with E-state index in [2.05, 4.69) is 22.0 Å².